The van der Waals surface area contributed by atoms with Crippen molar-refractivity contribution in [2.75, 3.05) is 11.4 Å². The zero-order valence-electron chi connectivity index (χ0n) is 14.7. The molecule has 0 N–H and O–H groups in total. The van der Waals surface area contributed by atoms with Gasteiger partial charge in [-0.1, -0.05) is 18.2 Å². The SMILES string of the molecule is Cc1cccc(N(CC(F)F)c2nc3nnc(C)n3c3cccc(F)c23)c1. The fourth-order valence-corrected chi connectivity index (χ4v) is 3.22. The van der Waals surface area contributed by atoms with Gasteiger partial charge in [-0.2, -0.15) is 4.98 Å². The molecule has 4 rings (SSSR count). The summed E-state index contributed by atoms with van der Waals surface area (Å²) >= 11 is 0. The van der Waals surface area contributed by atoms with Crippen molar-refractivity contribution in [3.8, 4) is 0 Å². The summed E-state index contributed by atoms with van der Waals surface area (Å²) in [5.74, 6) is 0.314. The number of hydrogen-bond acceptors (Lipinski definition) is 4. The number of benzene rings is 2. The summed E-state index contributed by atoms with van der Waals surface area (Å²) in [7, 11) is 0. The molecule has 0 saturated carbocycles. The van der Waals surface area contributed by atoms with Crippen molar-refractivity contribution in [3.05, 3.63) is 59.7 Å². The molecule has 0 fully saturated rings. The van der Waals surface area contributed by atoms with Crippen LogP contribution in [-0.2, 0) is 0 Å². The molecule has 0 aliphatic heterocycles. The highest BCUT2D eigenvalue weighted by Crippen LogP contribution is 2.34. The molecule has 0 unspecified atom stereocenters. The van der Waals surface area contributed by atoms with Gasteiger partial charge in [0.1, 0.15) is 17.5 Å². The Morgan fingerprint density at radius 1 is 1.07 bits per heavy atom. The Balaban J connectivity index is 2.07. The summed E-state index contributed by atoms with van der Waals surface area (Å²) in [5.41, 5.74) is 1.88. The van der Waals surface area contributed by atoms with Gasteiger partial charge in [-0.3, -0.25) is 4.40 Å². The van der Waals surface area contributed by atoms with Crippen LogP contribution in [0.1, 0.15) is 11.4 Å². The van der Waals surface area contributed by atoms with Crippen LogP contribution in [0.15, 0.2) is 42.5 Å². The summed E-state index contributed by atoms with van der Waals surface area (Å²) in [6.07, 6.45) is -2.63. The molecule has 2 heterocycles. The zero-order chi connectivity index (χ0) is 19.1. The molecule has 0 bridgehead atoms. The minimum absolute atomic E-state index is 0.0916. The highest BCUT2D eigenvalue weighted by atomic mass is 19.3. The number of fused-ring (bicyclic) bond motifs is 3. The summed E-state index contributed by atoms with van der Waals surface area (Å²) in [4.78, 5) is 5.71. The Labute approximate surface area is 153 Å². The van der Waals surface area contributed by atoms with E-state index in [0.29, 0.717) is 17.0 Å². The van der Waals surface area contributed by atoms with Gasteiger partial charge in [0.15, 0.2) is 0 Å². The van der Waals surface area contributed by atoms with E-state index in [9.17, 15) is 13.2 Å². The smallest absolute Gasteiger partial charge is 0.257 e. The third-order valence-corrected chi connectivity index (χ3v) is 4.36. The quantitative estimate of drug-likeness (QED) is 0.532. The van der Waals surface area contributed by atoms with E-state index in [1.54, 1.807) is 41.7 Å². The largest absolute Gasteiger partial charge is 0.320 e. The van der Waals surface area contributed by atoms with Crippen LogP contribution in [0.25, 0.3) is 16.7 Å². The molecule has 5 nitrogen and oxygen atoms in total. The van der Waals surface area contributed by atoms with E-state index in [0.717, 1.165) is 5.56 Å². The van der Waals surface area contributed by atoms with Crippen molar-refractivity contribution in [2.24, 2.45) is 0 Å². The van der Waals surface area contributed by atoms with E-state index in [1.807, 2.05) is 13.0 Å². The topological polar surface area (TPSA) is 46.3 Å². The normalized spacial score (nSPS) is 11.6. The number of alkyl halides is 2. The predicted molar refractivity (Wildman–Crippen MR) is 97.2 cm³/mol. The summed E-state index contributed by atoms with van der Waals surface area (Å²) in [6.45, 7) is 2.97. The van der Waals surface area contributed by atoms with Gasteiger partial charge in [-0.25, -0.2) is 13.2 Å². The molecule has 138 valence electrons. The summed E-state index contributed by atoms with van der Waals surface area (Å²) in [6, 6.07) is 11.6. The minimum Gasteiger partial charge on any atom is -0.320 e. The zero-order valence-corrected chi connectivity index (χ0v) is 14.7. The van der Waals surface area contributed by atoms with Crippen molar-refractivity contribution in [2.45, 2.75) is 20.3 Å². The second kappa shape index (κ2) is 6.53. The summed E-state index contributed by atoms with van der Waals surface area (Å²) < 4.78 is 43.2. The Bertz CT molecular complexity index is 1140. The minimum atomic E-state index is -2.63. The maximum Gasteiger partial charge on any atom is 0.257 e. The Kier molecular flexibility index (Phi) is 4.18. The third-order valence-electron chi connectivity index (χ3n) is 4.36. The van der Waals surface area contributed by atoms with Crippen LogP contribution in [0.2, 0.25) is 0 Å². The van der Waals surface area contributed by atoms with Gasteiger partial charge in [0.2, 0.25) is 0 Å². The van der Waals surface area contributed by atoms with Crippen molar-refractivity contribution >= 4 is 28.2 Å². The van der Waals surface area contributed by atoms with Crippen molar-refractivity contribution in [1.82, 2.24) is 19.6 Å². The Hall–Kier alpha value is -3.16. The van der Waals surface area contributed by atoms with E-state index >= 15 is 0 Å². The van der Waals surface area contributed by atoms with Crippen LogP contribution >= 0.6 is 0 Å². The second-order valence-electron chi connectivity index (χ2n) is 6.29. The fourth-order valence-electron chi connectivity index (χ4n) is 3.22. The number of aryl methyl sites for hydroxylation is 2. The number of anilines is 2. The molecular formula is C19H16F3N5. The van der Waals surface area contributed by atoms with Crippen molar-refractivity contribution in [1.29, 1.82) is 0 Å². The summed E-state index contributed by atoms with van der Waals surface area (Å²) in [5, 5.41) is 8.13. The first-order valence-electron chi connectivity index (χ1n) is 8.38. The van der Waals surface area contributed by atoms with Gasteiger partial charge in [0, 0.05) is 5.69 Å². The molecule has 0 spiro atoms. The molecule has 0 aliphatic rings. The first kappa shape index (κ1) is 17.3. The lowest BCUT2D eigenvalue weighted by molar-refractivity contribution is 0.158. The number of rotatable bonds is 4. The van der Waals surface area contributed by atoms with Crippen molar-refractivity contribution in [3.63, 3.8) is 0 Å². The molecule has 27 heavy (non-hydrogen) atoms. The molecule has 0 amide bonds. The Morgan fingerprint density at radius 3 is 2.59 bits per heavy atom. The lowest BCUT2D eigenvalue weighted by Gasteiger charge is -2.25. The standard InChI is InChI=1S/C19H16F3N5/c1-11-5-3-6-13(9-11)26(10-16(21)22)18-17-14(20)7-4-8-15(17)27-12(2)24-25-19(27)23-18/h3-9,16H,10H2,1-2H3. The number of aromatic nitrogens is 4. The molecule has 8 heteroatoms. The van der Waals surface area contributed by atoms with Crippen LogP contribution in [0, 0.1) is 19.7 Å². The third kappa shape index (κ3) is 2.97. The molecule has 0 aliphatic carbocycles. The van der Waals surface area contributed by atoms with E-state index in [1.165, 1.54) is 11.0 Å². The van der Waals surface area contributed by atoms with Gasteiger partial charge >= 0.3 is 0 Å². The van der Waals surface area contributed by atoms with Crippen LogP contribution in [-0.4, -0.2) is 32.6 Å². The van der Waals surface area contributed by atoms with Crippen LogP contribution in [0.3, 0.4) is 0 Å². The van der Waals surface area contributed by atoms with Crippen LogP contribution in [0.5, 0.6) is 0 Å². The molecule has 0 saturated heterocycles. The predicted octanol–water partition coefficient (Wildman–Crippen LogP) is 4.44. The molecule has 2 aromatic carbocycles. The highest BCUT2D eigenvalue weighted by molar-refractivity contribution is 5.94. The number of hydrogen-bond donors (Lipinski definition) is 0. The lowest BCUT2D eigenvalue weighted by atomic mass is 10.1. The molecule has 0 radical (unpaired) electrons. The van der Waals surface area contributed by atoms with E-state index in [2.05, 4.69) is 15.2 Å². The van der Waals surface area contributed by atoms with Crippen LogP contribution in [0.4, 0.5) is 24.7 Å². The van der Waals surface area contributed by atoms with E-state index in [4.69, 9.17) is 0 Å². The molecule has 2 aromatic heterocycles. The van der Waals surface area contributed by atoms with Gasteiger partial charge in [0.05, 0.1) is 17.4 Å². The molecular weight excluding hydrogens is 355 g/mol. The van der Waals surface area contributed by atoms with Crippen molar-refractivity contribution < 1.29 is 13.2 Å². The highest BCUT2D eigenvalue weighted by Gasteiger charge is 2.23. The second-order valence-corrected chi connectivity index (χ2v) is 6.29. The first-order valence-corrected chi connectivity index (χ1v) is 8.38. The molecule has 4 aromatic rings. The Morgan fingerprint density at radius 2 is 1.85 bits per heavy atom. The van der Waals surface area contributed by atoms with Gasteiger partial charge in [-0.15, -0.1) is 10.2 Å². The number of nitrogens with zero attached hydrogens (tertiary/aromatic N) is 5. The maximum absolute atomic E-state index is 14.8. The van der Waals surface area contributed by atoms with Crippen LogP contribution < -0.4 is 4.90 Å². The number of halogens is 3. The van der Waals surface area contributed by atoms with E-state index in [-0.39, 0.29) is 17.0 Å². The van der Waals surface area contributed by atoms with Gasteiger partial charge in [-0.05, 0) is 43.7 Å². The van der Waals surface area contributed by atoms with Gasteiger partial charge in [0.25, 0.3) is 12.2 Å². The fraction of sp³-hybridized carbons (Fsp3) is 0.211. The average Bonchev–Trinajstić information content (AvgIpc) is 3.00. The average molecular weight is 371 g/mol. The lowest BCUT2D eigenvalue weighted by Crippen LogP contribution is -2.25. The first-order chi connectivity index (χ1) is 13.0. The van der Waals surface area contributed by atoms with E-state index < -0.39 is 18.8 Å². The van der Waals surface area contributed by atoms with Gasteiger partial charge < -0.3 is 4.90 Å². The molecule has 0 atom stereocenters. The monoisotopic (exact) mass is 371 g/mol. The maximum atomic E-state index is 14.8.